The van der Waals surface area contributed by atoms with Gasteiger partial charge >= 0.3 is 0 Å². The summed E-state index contributed by atoms with van der Waals surface area (Å²) in [6.45, 7) is 11.5. The Labute approximate surface area is 264 Å². The molecule has 2 aromatic carbocycles. The predicted octanol–water partition coefficient (Wildman–Crippen LogP) is 5.52. The number of morpholine rings is 1. The van der Waals surface area contributed by atoms with Gasteiger partial charge in [0, 0.05) is 60.9 Å². The van der Waals surface area contributed by atoms with Crippen molar-refractivity contribution in [1.29, 1.82) is 0 Å². The summed E-state index contributed by atoms with van der Waals surface area (Å²) < 4.78 is 13.1. The molecule has 1 fully saturated rings. The van der Waals surface area contributed by atoms with E-state index in [1.807, 2.05) is 56.7 Å². The van der Waals surface area contributed by atoms with Crippen LogP contribution in [0.4, 0.5) is 23.0 Å². The van der Waals surface area contributed by atoms with E-state index in [9.17, 15) is 4.79 Å². The lowest BCUT2D eigenvalue weighted by Gasteiger charge is -2.31. The zero-order valence-corrected chi connectivity index (χ0v) is 26.7. The number of hydrogen-bond acceptors (Lipinski definition) is 9. The highest BCUT2D eigenvalue weighted by molar-refractivity contribution is 6.05. The van der Waals surface area contributed by atoms with Gasteiger partial charge in [-0.3, -0.25) is 4.79 Å². The van der Waals surface area contributed by atoms with E-state index in [1.54, 1.807) is 18.0 Å². The summed E-state index contributed by atoms with van der Waals surface area (Å²) in [6, 6.07) is 15.7. The molecule has 11 heteroatoms. The zero-order valence-electron chi connectivity index (χ0n) is 26.7. The monoisotopic (exact) mass is 610 g/mol. The third-order valence-corrected chi connectivity index (χ3v) is 7.34. The van der Waals surface area contributed by atoms with Gasteiger partial charge in [-0.25, -0.2) is 9.67 Å². The number of aromatic nitrogens is 4. The highest BCUT2D eigenvalue weighted by atomic mass is 16.5. The Morgan fingerprint density at radius 3 is 2.56 bits per heavy atom. The molecule has 0 bridgehead atoms. The van der Waals surface area contributed by atoms with E-state index in [-0.39, 0.29) is 5.91 Å². The molecule has 0 radical (unpaired) electrons. The van der Waals surface area contributed by atoms with Crippen LogP contribution in [0.3, 0.4) is 0 Å². The summed E-state index contributed by atoms with van der Waals surface area (Å²) >= 11 is 0. The number of carbonyl (C=O) groups excluding carboxylic acids is 1. The highest BCUT2D eigenvalue weighted by Gasteiger charge is 2.22. The molecule has 0 saturated carbocycles. The molecule has 0 atom stereocenters. The van der Waals surface area contributed by atoms with Crippen LogP contribution in [0.15, 0.2) is 73.1 Å². The maximum absolute atomic E-state index is 13.2. The predicted molar refractivity (Wildman–Crippen MR) is 179 cm³/mol. The Bertz CT molecular complexity index is 1630. The molecule has 0 unspecified atom stereocenters. The second kappa shape index (κ2) is 14.4. The van der Waals surface area contributed by atoms with Gasteiger partial charge in [-0.2, -0.15) is 10.1 Å². The minimum Gasteiger partial charge on any atom is -0.494 e. The summed E-state index contributed by atoms with van der Waals surface area (Å²) in [7, 11) is 5.69. The van der Waals surface area contributed by atoms with Crippen molar-refractivity contribution >= 4 is 28.9 Å². The maximum atomic E-state index is 13.2. The average molecular weight is 611 g/mol. The van der Waals surface area contributed by atoms with Gasteiger partial charge in [-0.15, -0.1) is 0 Å². The number of ether oxygens (including phenoxy) is 2. The molecule has 1 amide bonds. The molecular formula is C34H42N8O3. The first-order chi connectivity index (χ1) is 21.7. The van der Waals surface area contributed by atoms with Gasteiger partial charge in [0.25, 0.3) is 5.91 Å². The van der Waals surface area contributed by atoms with Gasteiger partial charge in [-0.05, 0) is 32.5 Å². The fourth-order valence-electron chi connectivity index (χ4n) is 5.28. The molecule has 11 nitrogen and oxygen atoms in total. The Morgan fingerprint density at radius 1 is 1.11 bits per heavy atom. The Morgan fingerprint density at radius 2 is 1.87 bits per heavy atom. The topological polar surface area (TPSA) is 110 Å². The normalized spacial score (nSPS) is 13.3. The molecule has 5 rings (SSSR count). The van der Waals surface area contributed by atoms with E-state index in [0.717, 1.165) is 29.1 Å². The molecule has 1 saturated heterocycles. The van der Waals surface area contributed by atoms with Crippen molar-refractivity contribution in [3.63, 3.8) is 0 Å². The molecule has 45 heavy (non-hydrogen) atoms. The summed E-state index contributed by atoms with van der Waals surface area (Å²) in [4.78, 5) is 26.7. The van der Waals surface area contributed by atoms with Gasteiger partial charge in [0.2, 0.25) is 5.95 Å². The summed E-state index contributed by atoms with van der Waals surface area (Å²) in [5, 5.41) is 11.3. The van der Waals surface area contributed by atoms with Gasteiger partial charge in [-0.1, -0.05) is 50.8 Å². The van der Waals surface area contributed by atoms with Crippen molar-refractivity contribution in [3.8, 4) is 22.8 Å². The SMILES string of the molecule is C=C(CC(C)C)C(=O)Nc1cc(Nc2nccc(-n3cc(CN(C)C)c(-c4ccccc4)n3)n2)c(OC)cc1N1CCOCC1. The zero-order chi connectivity index (χ0) is 31.9. The third kappa shape index (κ3) is 7.86. The Kier molecular flexibility index (Phi) is 10.1. The molecule has 2 N–H and O–H groups in total. The summed E-state index contributed by atoms with van der Waals surface area (Å²) in [5.41, 5.74) is 5.64. The number of carbonyl (C=O) groups is 1. The van der Waals surface area contributed by atoms with Crippen LogP contribution in [-0.2, 0) is 16.1 Å². The smallest absolute Gasteiger partial charge is 0.251 e. The first-order valence-corrected chi connectivity index (χ1v) is 15.1. The van der Waals surface area contributed by atoms with Crippen LogP contribution in [0.25, 0.3) is 17.1 Å². The van der Waals surface area contributed by atoms with Crippen molar-refractivity contribution in [2.45, 2.75) is 26.8 Å². The molecule has 0 spiro atoms. The first kappa shape index (κ1) is 31.7. The fourth-order valence-corrected chi connectivity index (χ4v) is 5.28. The lowest BCUT2D eigenvalue weighted by Crippen LogP contribution is -2.37. The van der Waals surface area contributed by atoms with Crippen LogP contribution >= 0.6 is 0 Å². The van der Waals surface area contributed by atoms with E-state index in [2.05, 4.69) is 58.0 Å². The first-order valence-electron chi connectivity index (χ1n) is 15.1. The molecule has 236 valence electrons. The van der Waals surface area contributed by atoms with Crippen molar-refractivity contribution in [2.75, 3.05) is 63.0 Å². The second-order valence-corrected chi connectivity index (χ2v) is 11.7. The van der Waals surface area contributed by atoms with Gasteiger partial charge in [0.15, 0.2) is 5.82 Å². The van der Waals surface area contributed by atoms with Gasteiger partial charge in [0.05, 0.1) is 43.1 Å². The number of anilines is 4. The second-order valence-electron chi connectivity index (χ2n) is 11.7. The number of nitrogens with zero attached hydrogens (tertiary/aromatic N) is 6. The maximum Gasteiger partial charge on any atom is 0.251 e. The molecule has 4 aromatic rings. The summed E-state index contributed by atoms with van der Waals surface area (Å²) in [6.07, 6.45) is 4.30. The fraction of sp³-hybridized carbons (Fsp3) is 0.353. The molecule has 2 aromatic heterocycles. The van der Waals surface area contributed by atoms with E-state index in [4.69, 9.17) is 19.6 Å². The largest absolute Gasteiger partial charge is 0.494 e. The van der Waals surface area contributed by atoms with Crippen molar-refractivity contribution < 1.29 is 14.3 Å². The minimum atomic E-state index is -0.214. The molecule has 3 heterocycles. The number of benzene rings is 2. The molecule has 0 aliphatic carbocycles. The number of hydrogen-bond donors (Lipinski definition) is 2. The molecule has 1 aliphatic rings. The number of rotatable bonds is 12. The summed E-state index contributed by atoms with van der Waals surface area (Å²) in [5.74, 6) is 1.66. The van der Waals surface area contributed by atoms with Crippen molar-refractivity contribution in [2.24, 2.45) is 5.92 Å². The van der Waals surface area contributed by atoms with Crippen molar-refractivity contribution in [1.82, 2.24) is 24.6 Å². The van der Waals surface area contributed by atoms with Crippen LogP contribution in [0.1, 0.15) is 25.8 Å². The van der Waals surface area contributed by atoms with Crippen LogP contribution < -0.4 is 20.3 Å². The Hall–Kier alpha value is -4.74. The van der Waals surface area contributed by atoms with Crippen LogP contribution in [-0.4, -0.2) is 78.1 Å². The van der Waals surface area contributed by atoms with Gasteiger partial charge in [0.1, 0.15) is 5.75 Å². The third-order valence-electron chi connectivity index (χ3n) is 7.34. The van der Waals surface area contributed by atoms with Crippen LogP contribution in [0.5, 0.6) is 5.75 Å². The lowest BCUT2D eigenvalue weighted by molar-refractivity contribution is -0.113. The minimum absolute atomic E-state index is 0.214. The van der Waals surface area contributed by atoms with E-state index < -0.39 is 0 Å². The standard InChI is InChI=1S/C34H42N8O3/c1-23(2)18-24(3)33(43)36-27-19-28(30(44-6)20-29(27)41-14-16-45-17-15-41)37-34-35-13-12-31(38-34)42-22-26(21-40(4)5)32(39-42)25-10-8-7-9-11-25/h7-13,19-20,22-23H,3,14-18,21H2,1-2,4-6H3,(H,36,43)(H,35,37,38). The van der Waals surface area contributed by atoms with Crippen LogP contribution in [0.2, 0.25) is 0 Å². The quantitative estimate of drug-likeness (QED) is 0.200. The number of methoxy groups -OCH3 is 1. The molecule has 1 aliphatic heterocycles. The lowest BCUT2D eigenvalue weighted by atomic mass is 10.0. The number of nitrogens with one attached hydrogen (secondary N) is 2. The van der Waals surface area contributed by atoms with E-state index >= 15 is 0 Å². The van der Waals surface area contributed by atoms with Crippen molar-refractivity contribution in [3.05, 3.63) is 78.6 Å². The van der Waals surface area contributed by atoms with Gasteiger partial charge < -0.3 is 29.9 Å². The molecular weight excluding hydrogens is 568 g/mol. The van der Waals surface area contributed by atoms with E-state index in [1.165, 1.54) is 0 Å². The van der Waals surface area contributed by atoms with Crippen LogP contribution in [0, 0.1) is 5.92 Å². The van der Waals surface area contributed by atoms with E-state index in [0.29, 0.717) is 73.1 Å². The highest BCUT2D eigenvalue weighted by Crippen LogP contribution is 2.39. The Balaban J connectivity index is 1.48. The number of amides is 1. The average Bonchev–Trinajstić information content (AvgIpc) is 3.45.